The average molecular weight is 265 g/mol. The highest BCUT2D eigenvalue weighted by Gasteiger charge is 2.24. The highest BCUT2D eigenvalue weighted by molar-refractivity contribution is 6.30. The maximum Gasteiger partial charge on any atom is 0.256 e. The number of carbonyl (C=O) groups excluding carboxylic acids is 1. The number of aliphatic imine (C=N–C) groups is 1. The van der Waals surface area contributed by atoms with Crippen molar-refractivity contribution >= 4 is 23.2 Å². The maximum atomic E-state index is 11.5. The number of amides is 1. The third-order valence-electron chi connectivity index (χ3n) is 2.71. The Labute approximate surface area is 110 Å². The molecule has 0 saturated carbocycles. The Hall–Kier alpha value is -1.81. The van der Waals surface area contributed by atoms with E-state index in [0.29, 0.717) is 17.3 Å². The zero-order valence-electron chi connectivity index (χ0n) is 9.90. The van der Waals surface area contributed by atoms with Crippen LogP contribution in [0.3, 0.4) is 0 Å². The molecule has 1 aliphatic heterocycles. The molecule has 0 unspecified atom stereocenters. The molecule has 0 aliphatic carbocycles. The lowest BCUT2D eigenvalue weighted by Gasteiger charge is -2.02. The van der Waals surface area contributed by atoms with Gasteiger partial charge in [0.15, 0.2) is 0 Å². The van der Waals surface area contributed by atoms with E-state index in [1.165, 1.54) is 0 Å². The monoisotopic (exact) mass is 264 g/mol. The Morgan fingerprint density at radius 1 is 1.44 bits per heavy atom. The van der Waals surface area contributed by atoms with Crippen LogP contribution in [0.25, 0.3) is 0 Å². The Morgan fingerprint density at radius 3 is 2.67 bits per heavy atom. The lowest BCUT2D eigenvalue weighted by molar-refractivity contribution is -0.116. The number of halogens is 1. The van der Waals surface area contributed by atoms with E-state index in [0.717, 1.165) is 5.56 Å². The molecule has 0 spiro atoms. The Bertz CT molecular complexity index is 532. The number of hydrogen-bond donors (Lipinski definition) is 2. The first-order valence-corrected chi connectivity index (χ1v) is 5.92. The molecule has 1 aromatic carbocycles. The number of benzene rings is 1. The fourth-order valence-corrected chi connectivity index (χ4v) is 1.85. The van der Waals surface area contributed by atoms with E-state index in [-0.39, 0.29) is 23.8 Å². The molecular weight excluding hydrogens is 252 g/mol. The van der Waals surface area contributed by atoms with Gasteiger partial charge in [0.25, 0.3) is 5.91 Å². The van der Waals surface area contributed by atoms with Crippen molar-refractivity contribution in [1.82, 2.24) is 5.32 Å². The summed E-state index contributed by atoms with van der Waals surface area (Å²) in [5.41, 5.74) is 1.82. The van der Waals surface area contributed by atoms with Gasteiger partial charge in [-0.25, -0.2) is 0 Å². The molecular formula is C13H13ClN2O2. The summed E-state index contributed by atoms with van der Waals surface area (Å²) < 4.78 is 0. The van der Waals surface area contributed by atoms with Crippen LogP contribution >= 0.6 is 11.6 Å². The van der Waals surface area contributed by atoms with Gasteiger partial charge in [0.1, 0.15) is 5.76 Å². The Morgan fingerprint density at radius 2 is 2.11 bits per heavy atom. The summed E-state index contributed by atoms with van der Waals surface area (Å²) in [5, 5.41) is 12.8. The fraction of sp³-hybridized carbons (Fsp3) is 0.231. The van der Waals surface area contributed by atoms with Gasteiger partial charge in [0, 0.05) is 10.7 Å². The van der Waals surface area contributed by atoms with Gasteiger partial charge in [-0.05, 0) is 24.6 Å². The number of hydrogen-bond acceptors (Lipinski definition) is 3. The van der Waals surface area contributed by atoms with Crippen molar-refractivity contribution in [3.05, 3.63) is 46.2 Å². The maximum absolute atomic E-state index is 11.5. The van der Waals surface area contributed by atoms with Crippen LogP contribution in [0.1, 0.15) is 12.5 Å². The van der Waals surface area contributed by atoms with Crippen molar-refractivity contribution in [2.24, 2.45) is 4.99 Å². The molecule has 0 fully saturated rings. The van der Waals surface area contributed by atoms with Crippen LogP contribution in [0.4, 0.5) is 0 Å². The number of carbonyl (C=O) groups is 1. The van der Waals surface area contributed by atoms with Crippen molar-refractivity contribution in [1.29, 1.82) is 0 Å². The molecule has 1 aromatic rings. The lowest BCUT2D eigenvalue weighted by atomic mass is 10.1. The van der Waals surface area contributed by atoms with E-state index in [2.05, 4.69) is 10.3 Å². The molecule has 0 aromatic heterocycles. The van der Waals surface area contributed by atoms with Crippen molar-refractivity contribution < 1.29 is 9.90 Å². The quantitative estimate of drug-likeness (QED) is 0.823. The topological polar surface area (TPSA) is 61.7 Å². The first kappa shape index (κ1) is 12.6. The molecule has 5 heteroatoms. The summed E-state index contributed by atoms with van der Waals surface area (Å²) in [6.07, 6.45) is 0. The Kier molecular flexibility index (Phi) is 3.67. The second kappa shape index (κ2) is 5.23. The first-order valence-electron chi connectivity index (χ1n) is 5.54. The summed E-state index contributed by atoms with van der Waals surface area (Å²) >= 11 is 5.79. The summed E-state index contributed by atoms with van der Waals surface area (Å²) in [7, 11) is 0. The highest BCUT2D eigenvalue weighted by atomic mass is 35.5. The fourth-order valence-electron chi connectivity index (χ4n) is 1.72. The second-order valence-corrected chi connectivity index (χ2v) is 4.47. The standard InChI is InChI=1S/C13H13ClN2O2/c1-8(12-11(17)7-16-13(12)18)15-6-9-2-4-10(14)5-3-9/h2-5,17H,6-7H2,1H3,(H,16,18). The van der Waals surface area contributed by atoms with Crippen LogP contribution in [0.5, 0.6) is 0 Å². The highest BCUT2D eigenvalue weighted by Crippen LogP contribution is 2.13. The normalized spacial score (nSPS) is 16.1. The summed E-state index contributed by atoms with van der Waals surface area (Å²) in [4.78, 5) is 15.8. The van der Waals surface area contributed by atoms with E-state index in [1.807, 2.05) is 12.1 Å². The van der Waals surface area contributed by atoms with Crippen molar-refractivity contribution in [2.45, 2.75) is 13.5 Å². The van der Waals surface area contributed by atoms with Crippen molar-refractivity contribution in [3.63, 3.8) is 0 Å². The molecule has 94 valence electrons. The van der Waals surface area contributed by atoms with Gasteiger partial charge in [-0.1, -0.05) is 23.7 Å². The zero-order valence-corrected chi connectivity index (χ0v) is 10.7. The molecule has 0 bridgehead atoms. The van der Waals surface area contributed by atoms with Crippen LogP contribution in [0, 0.1) is 0 Å². The van der Waals surface area contributed by atoms with E-state index >= 15 is 0 Å². The number of rotatable bonds is 3. The van der Waals surface area contributed by atoms with Crippen LogP contribution in [0.2, 0.25) is 5.02 Å². The minimum absolute atomic E-state index is 0.0531. The molecule has 0 atom stereocenters. The molecule has 0 saturated heterocycles. The van der Waals surface area contributed by atoms with E-state index < -0.39 is 0 Å². The minimum Gasteiger partial charge on any atom is -0.510 e. The summed E-state index contributed by atoms with van der Waals surface area (Å²) in [6, 6.07) is 7.34. The van der Waals surface area contributed by atoms with Gasteiger partial charge in [-0.3, -0.25) is 9.79 Å². The predicted octanol–water partition coefficient (Wildman–Crippen LogP) is 2.24. The number of aliphatic hydroxyl groups is 1. The van der Waals surface area contributed by atoms with Crippen molar-refractivity contribution in [3.8, 4) is 0 Å². The SMILES string of the molecule is CC(=NCc1ccc(Cl)cc1)C1=C(O)CNC1=O. The van der Waals surface area contributed by atoms with Gasteiger partial charge in [-0.15, -0.1) is 0 Å². The predicted molar refractivity (Wildman–Crippen MR) is 70.9 cm³/mol. The number of nitrogens with zero attached hydrogens (tertiary/aromatic N) is 1. The second-order valence-electron chi connectivity index (χ2n) is 4.03. The third kappa shape index (κ3) is 2.71. The molecule has 18 heavy (non-hydrogen) atoms. The smallest absolute Gasteiger partial charge is 0.256 e. The molecule has 1 heterocycles. The molecule has 1 aliphatic rings. The van der Waals surface area contributed by atoms with Crippen LogP contribution in [0.15, 0.2) is 40.6 Å². The lowest BCUT2D eigenvalue weighted by Crippen LogP contribution is -2.20. The molecule has 4 nitrogen and oxygen atoms in total. The van der Waals surface area contributed by atoms with Gasteiger partial charge in [-0.2, -0.15) is 0 Å². The van der Waals surface area contributed by atoms with E-state index in [4.69, 9.17) is 11.6 Å². The Balaban J connectivity index is 2.12. The largest absolute Gasteiger partial charge is 0.510 e. The number of aliphatic hydroxyl groups excluding tert-OH is 1. The van der Waals surface area contributed by atoms with Crippen LogP contribution < -0.4 is 5.32 Å². The van der Waals surface area contributed by atoms with Gasteiger partial charge >= 0.3 is 0 Å². The minimum atomic E-state index is -0.273. The van der Waals surface area contributed by atoms with E-state index in [9.17, 15) is 9.90 Å². The summed E-state index contributed by atoms with van der Waals surface area (Å²) in [5.74, 6) is -0.220. The molecule has 2 N–H and O–H groups in total. The van der Waals surface area contributed by atoms with Crippen molar-refractivity contribution in [2.75, 3.05) is 6.54 Å². The third-order valence-corrected chi connectivity index (χ3v) is 2.96. The molecule has 2 rings (SSSR count). The zero-order chi connectivity index (χ0) is 13.1. The van der Waals surface area contributed by atoms with Crippen LogP contribution in [-0.2, 0) is 11.3 Å². The molecule has 0 radical (unpaired) electrons. The van der Waals surface area contributed by atoms with Crippen LogP contribution in [-0.4, -0.2) is 23.3 Å². The summed E-state index contributed by atoms with van der Waals surface area (Å²) in [6.45, 7) is 2.35. The first-order chi connectivity index (χ1) is 8.58. The van der Waals surface area contributed by atoms with Gasteiger partial charge in [0.2, 0.25) is 0 Å². The van der Waals surface area contributed by atoms with E-state index in [1.54, 1.807) is 19.1 Å². The van der Waals surface area contributed by atoms with Gasteiger partial charge < -0.3 is 10.4 Å². The van der Waals surface area contributed by atoms with Gasteiger partial charge in [0.05, 0.1) is 18.7 Å². The average Bonchev–Trinajstić information content (AvgIpc) is 2.68. The molecule has 1 amide bonds. The number of nitrogens with one attached hydrogen (secondary N) is 1.